The summed E-state index contributed by atoms with van der Waals surface area (Å²) in [4.78, 5) is 12.6. The fraction of sp³-hybridized carbons (Fsp3) is 0.333. The molecule has 1 heterocycles. The predicted molar refractivity (Wildman–Crippen MR) is 126 cm³/mol. The van der Waals surface area contributed by atoms with Crippen LogP contribution in [0.3, 0.4) is 0 Å². The van der Waals surface area contributed by atoms with Crippen molar-refractivity contribution in [1.82, 2.24) is 20.6 Å². The monoisotopic (exact) mass is 493 g/mol. The van der Waals surface area contributed by atoms with Crippen LogP contribution < -0.4 is 15.4 Å². The minimum absolute atomic E-state index is 0. The Hall–Kier alpha value is -2.29. The summed E-state index contributed by atoms with van der Waals surface area (Å²) in [6, 6.07) is 16.1. The van der Waals surface area contributed by atoms with Crippen LogP contribution in [0.15, 0.2) is 53.5 Å². The van der Waals surface area contributed by atoms with Crippen molar-refractivity contribution in [3.63, 3.8) is 0 Å². The third kappa shape index (κ3) is 6.12. The van der Waals surface area contributed by atoms with Gasteiger partial charge in [0.05, 0.1) is 24.2 Å². The molecule has 0 saturated heterocycles. The van der Waals surface area contributed by atoms with Crippen molar-refractivity contribution in [2.24, 2.45) is 4.99 Å². The minimum atomic E-state index is 0. The Bertz CT molecular complexity index is 860. The average Bonchev–Trinajstić information content (AvgIpc) is 3.10. The van der Waals surface area contributed by atoms with E-state index in [1.807, 2.05) is 55.5 Å². The van der Waals surface area contributed by atoms with Gasteiger partial charge in [0.25, 0.3) is 0 Å². The van der Waals surface area contributed by atoms with Crippen molar-refractivity contribution < 1.29 is 4.74 Å². The number of benzene rings is 2. The molecule has 0 bridgehead atoms. The van der Waals surface area contributed by atoms with Gasteiger partial charge in [0, 0.05) is 25.1 Å². The van der Waals surface area contributed by atoms with Gasteiger partial charge >= 0.3 is 0 Å². The Kier molecular flexibility index (Phi) is 9.06. The molecule has 3 N–H and O–H groups in total. The van der Waals surface area contributed by atoms with E-state index < -0.39 is 0 Å². The molecular formula is C21H28IN5O. The highest BCUT2D eigenvalue weighted by Gasteiger charge is 2.05. The van der Waals surface area contributed by atoms with Gasteiger partial charge in [-0.3, -0.25) is 0 Å². The molecule has 0 aliphatic carbocycles. The molecule has 1 aromatic heterocycles. The molecule has 3 aromatic rings. The summed E-state index contributed by atoms with van der Waals surface area (Å²) >= 11 is 0. The van der Waals surface area contributed by atoms with E-state index in [9.17, 15) is 0 Å². The number of ether oxygens (including phenoxy) is 1. The van der Waals surface area contributed by atoms with E-state index in [0.717, 1.165) is 53.6 Å². The molecule has 0 unspecified atom stereocenters. The summed E-state index contributed by atoms with van der Waals surface area (Å²) in [6.07, 6.45) is 0.800. The number of para-hydroxylation sites is 3. The molecule has 150 valence electrons. The molecule has 2 aromatic carbocycles. The van der Waals surface area contributed by atoms with Crippen LogP contribution in [0, 0.1) is 0 Å². The van der Waals surface area contributed by atoms with Gasteiger partial charge in [0.15, 0.2) is 5.96 Å². The summed E-state index contributed by atoms with van der Waals surface area (Å²) in [7, 11) is 0. The quantitative estimate of drug-likeness (QED) is 0.253. The maximum Gasteiger partial charge on any atom is 0.191 e. The number of guanidine groups is 1. The van der Waals surface area contributed by atoms with Gasteiger partial charge in [0.2, 0.25) is 0 Å². The molecule has 0 spiro atoms. The van der Waals surface area contributed by atoms with Gasteiger partial charge < -0.3 is 20.4 Å². The molecule has 0 atom stereocenters. The van der Waals surface area contributed by atoms with Crippen molar-refractivity contribution in [3.8, 4) is 5.75 Å². The normalized spacial score (nSPS) is 11.1. The molecule has 0 fully saturated rings. The number of hydrogen-bond donors (Lipinski definition) is 3. The van der Waals surface area contributed by atoms with Crippen LogP contribution in [-0.2, 0) is 13.0 Å². The highest BCUT2D eigenvalue weighted by atomic mass is 127. The molecule has 0 aliphatic heterocycles. The number of hydrogen-bond acceptors (Lipinski definition) is 3. The van der Waals surface area contributed by atoms with Crippen LogP contribution >= 0.6 is 24.0 Å². The first-order valence-corrected chi connectivity index (χ1v) is 9.46. The van der Waals surface area contributed by atoms with Gasteiger partial charge in [0.1, 0.15) is 11.6 Å². The second kappa shape index (κ2) is 11.5. The van der Waals surface area contributed by atoms with E-state index in [0.29, 0.717) is 13.2 Å². The van der Waals surface area contributed by atoms with Gasteiger partial charge in [-0.1, -0.05) is 30.3 Å². The van der Waals surface area contributed by atoms with Crippen molar-refractivity contribution in [2.75, 3.05) is 19.7 Å². The Balaban J connectivity index is 0.00000280. The largest absolute Gasteiger partial charge is 0.494 e. The average molecular weight is 493 g/mol. The predicted octanol–water partition coefficient (Wildman–Crippen LogP) is 3.88. The fourth-order valence-corrected chi connectivity index (χ4v) is 2.86. The summed E-state index contributed by atoms with van der Waals surface area (Å²) in [5.41, 5.74) is 3.15. The second-order valence-corrected chi connectivity index (χ2v) is 6.11. The Labute approximate surface area is 183 Å². The number of nitrogens with zero attached hydrogens (tertiary/aromatic N) is 2. The second-order valence-electron chi connectivity index (χ2n) is 6.11. The fourth-order valence-electron chi connectivity index (χ4n) is 2.86. The summed E-state index contributed by atoms with van der Waals surface area (Å²) in [6.45, 7) is 6.82. The number of fused-ring (bicyclic) bond motifs is 1. The standard InChI is InChI=1S/C21H27N5O.HI/c1-3-22-21(24-15-16-9-5-8-12-19(16)27-4-2)23-14-13-20-25-17-10-6-7-11-18(17)26-20;/h5-12H,3-4,13-15H2,1-2H3,(H,25,26)(H2,22,23,24);1H. The smallest absolute Gasteiger partial charge is 0.191 e. The minimum Gasteiger partial charge on any atom is -0.494 e. The van der Waals surface area contributed by atoms with Crippen LogP contribution in [0.25, 0.3) is 11.0 Å². The third-order valence-corrected chi connectivity index (χ3v) is 4.12. The molecular weight excluding hydrogens is 465 g/mol. The molecule has 0 amide bonds. The van der Waals surface area contributed by atoms with Crippen LogP contribution in [0.4, 0.5) is 0 Å². The van der Waals surface area contributed by atoms with E-state index in [-0.39, 0.29) is 24.0 Å². The lowest BCUT2D eigenvalue weighted by molar-refractivity contribution is 0.336. The van der Waals surface area contributed by atoms with E-state index in [1.54, 1.807) is 0 Å². The van der Waals surface area contributed by atoms with Gasteiger partial charge in [-0.15, -0.1) is 24.0 Å². The molecule has 7 heteroatoms. The molecule has 3 rings (SSSR count). The summed E-state index contributed by atoms with van der Waals surface area (Å²) in [5.74, 6) is 2.66. The van der Waals surface area contributed by atoms with Crippen molar-refractivity contribution in [2.45, 2.75) is 26.8 Å². The third-order valence-electron chi connectivity index (χ3n) is 4.12. The molecule has 28 heavy (non-hydrogen) atoms. The lowest BCUT2D eigenvalue weighted by Gasteiger charge is -2.12. The van der Waals surface area contributed by atoms with Crippen molar-refractivity contribution in [1.29, 1.82) is 0 Å². The first kappa shape index (κ1) is 22.0. The maximum absolute atomic E-state index is 5.67. The van der Waals surface area contributed by atoms with E-state index in [1.165, 1.54) is 0 Å². The Morgan fingerprint density at radius 3 is 2.64 bits per heavy atom. The zero-order valence-corrected chi connectivity index (χ0v) is 18.7. The van der Waals surface area contributed by atoms with Gasteiger partial charge in [-0.2, -0.15) is 0 Å². The molecule has 0 radical (unpaired) electrons. The number of halogens is 1. The van der Waals surface area contributed by atoms with Crippen LogP contribution in [-0.4, -0.2) is 35.6 Å². The number of H-pyrrole nitrogens is 1. The molecule has 6 nitrogen and oxygen atoms in total. The number of aliphatic imine (C=N–C) groups is 1. The van der Waals surface area contributed by atoms with Gasteiger partial charge in [-0.05, 0) is 32.0 Å². The van der Waals surface area contributed by atoms with E-state index in [4.69, 9.17) is 4.74 Å². The number of aromatic amines is 1. The molecule has 0 aliphatic rings. The lowest BCUT2D eigenvalue weighted by Crippen LogP contribution is -2.38. The topological polar surface area (TPSA) is 74.3 Å². The van der Waals surface area contributed by atoms with Crippen LogP contribution in [0.1, 0.15) is 25.2 Å². The van der Waals surface area contributed by atoms with Crippen LogP contribution in [0.2, 0.25) is 0 Å². The highest BCUT2D eigenvalue weighted by Crippen LogP contribution is 2.18. The SMILES string of the molecule is CCNC(=NCc1ccccc1OCC)NCCc1nc2ccccc2[nH]1.I. The van der Waals surface area contributed by atoms with Gasteiger partial charge in [-0.25, -0.2) is 9.98 Å². The molecule has 0 saturated carbocycles. The maximum atomic E-state index is 5.67. The van der Waals surface area contributed by atoms with E-state index >= 15 is 0 Å². The van der Waals surface area contributed by atoms with Crippen LogP contribution in [0.5, 0.6) is 5.75 Å². The van der Waals surface area contributed by atoms with Crippen molar-refractivity contribution in [3.05, 3.63) is 59.9 Å². The first-order chi connectivity index (χ1) is 13.3. The Morgan fingerprint density at radius 2 is 1.86 bits per heavy atom. The van der Waals surface area contributed by atoms with Crippen molar-refractivity contribution >= 4 is 41.0 Å². The number of aromatic nitrogens is 2. The number of imidazole rings is 1. The summed E-state index contributed by atoms with van der Waals surface area (Å²) < 4.78 is 5.67. The number of rotatable bonds is 8. The number of nitrogens with one attached hydrogen (secondary N) is 3. The zero-order valence-electron chi connectivity index (χ0n) is 16.4. The Morgan fingerprint density at radius 1 is 1.07 bits per heavy atom. The first-order valence-electron chi connectivity index (χ1n) is 9.46. The van der Waals surface area contributed by atoms with E-state index in [2.05, 4.69) is 32.5 Å². The summed E-state index contributed by atoms with van der Waals surface area (Å²) in [5, 5.41) is 6.66. The lowest BCUT2D eigenvalue weighted by atomic mass is 10.2. The highest BCUT2D eigenvalue weighted by molar-refractivity contribution is 14.0. The zero-order chi connectivity index (χ0) is 18.9.